The minimum absolute atomic E-state index is 0.0777. The first-order valence-electron chi connectivity index (χ1n) is 10.5. The number of morpholine rings is 1. The molecule has 0 aliphatic carbocycles. The molecule has 1 atom stereocenters. The molecule has 6 nitrogen and oxygen atoms in total. The van der Waals surface area contributed by atoms with E-state index in [1.807, 2.05) is 12.1 Å². The summed E-state index contributed by atoms with van der Waals surface area (Å²) in [7, 11) is 0. The van der Waals surface area contributed by atoms with Gasteiger partial charge < -0.3 is 15.0 Å². The average Bonchev–Trinajstić information content (AvgIpc) is 2.76. The minimum Gasteiger partial charge on any atom is -0.379 e. The molecule has 6 heteroatoms. The molecule has 2 aromatic rings. The van der Waals surface area contributed by atoms with E-state index in [0.717, 1.165) is 44.6 Å². The molecule has 2 aliphatic heterocycles. The number of pyridine rings is 1. The van der Waals surface area contributed by atoms with Crippen molar-refractivity contribution < 1.29 is 9.53 Å². The normalized spacial score (nSPS) is 19.7. The molecular formula is C23H30N4O2. The van der Waals surface area contributed by atoms with Crippen molar-refractivity contribution in [2.24, 2.45) is 0 Å². The highest BCUT2D eigenvalue weighted by Gasteiger charge is 2.31. The SMILES string of the molecule is Cc1cccc(N2CCC(NC(=O)[C@@H](c3cccnc3)N3CCOCC3)CC2)c1. The summed E-state index contributed by atoms with van der Waals surface area (Å²) in [5.74, 6) is 0.0777. The molecule has 29 heavy (non-hydrogen) atoms. The van der Waals surface area contributed by atoms with Gasteiger partial charge in [0.25, 0.3) is 0 Å². The van der Waals surface area contributed by atoms with E-state index in [1.165, 1.54) is 11.3 Å². The maximum Gasteiger partial charge on any atom is 0.242 e. The summed E-state index contributed by atoms with van der Waals surface area (Å²) in [5.41, 5.74) is 3.50. The first kappa shape index (κ1) is 19.9. The number of hydrogen-bond donors (Lipinski definition) is 1. The van der Waals surface area contributed by atoms with Crippen LogP contribution in [0.1, 0.15) is 30.0 Å². The zero-order chi connectivity index (χ0) is 20.1. The lowest BCUT2D eigenvalue weighted by molar-refractivity contribution is -0.129. The van der Waals surface area contributed by atoms with Crippen LogP contribution in [0.4, 0.5) is 5.69 Å². The van der Waals surface area contributed by atoms with Crippen molar-refractivity contribution in [2.45, 2.75) is 31.8 Å². The molecule has 2 fully saturated rings. The zero-order valence-electron chi connectivity index (χ0n) is 17.1. The van der Waals surface area contributed by atoms with E-state index in [-0.39, 0.29) is 18.0 Å². The number of amides is 1. The lowest BCUT2D eigenvalue weighted by Crippen LogP contribution is -2.50. The van der Waals surface area contributed by atoms with Gasteiger partial charge in [0.2, 0.25) is 5.91 Å². The number of anilines is 1. The van der Waals surface area contributed by atoms with Gasteiger partial charge in [-0.3, -0.25) is 14.7 Å². The average molecular weight is 395 g/mol. The number of rotatable bonds is 5. The van der Waals surface area contributed by atoms with E-state index >= 15 is 0 Å². The second-order valence-electron chi connectivity index (χ2n) is 7.95. The number of nitrogens with zero attached hydrogens (tertiary/aromatic N) is 3. The number of hydrogen-bond acceptors (Lipinski definition) is 5. The van der Waals surface area contributed by atoms with Crippen LogP contribution < -0.4 is 10.2 Å². The number of carbonyl (C=O) groups is 1. The van der Waals surface area contributed by atoms with Gasteiger partial charge >= 0.3 is 0 Å². The third kappa shape index (κ3) is 4.95. The van der Waals surface area contributed by atoms with Gasteiger partial charge in [-0.05, 0) is 49.1 Å². The van der Waals surface area contributed by atoms with Crippen molar-refractivity contribution >= 4 is 11.6 Å². The fourth-order valence-corrected chi connectivity index (χ4v) is 4.29. The number of ether oxygens (including phenoxy) is 1. The van der Waals surface area contributed by atoms with Crippen molar-refractivity contribution in [3.8, 4) is 0 Å². The maximum atomic E-state index is 13.3. The summed E-state index contributed by atoms with van der Waals surface area (Å²) < 4.78 is 5.48. The van der Waals surface area contributed by atoms with Crippen molar-refractivity contribution in [1.82, 2.24) is 15.2 Å². The first-order chi connectivity index (χ1) is 14.2. The number of carbonyl (C=O) groups excluding carboxylic acids is 1. The Hall–Kier alpha value is -2.44. The smallest absolute Gasteiger partial charge is 0.242 e. The van der Waals surface area contributed by atoms with Crippen LogP contribution in [0.2, 0.25) is 0 Å². The zero-order valence-corrected chi connectivity index (χ0v) is 17.1. The maximum absolute atomic E-state index is 13.3. The third-order valence-corrected chi connectivity index (χ3v) is 5.87. The predicted molar refractivity (Wildman–Crippen MR) is 114 cm³/mol. The molecule has 0 spiro atoms. The van der Waals surface area contributed by atoms with Gasteiger partial charge in [-0.15, -0.1) is 0 Å². The topological polar surface area (TPSA) is 57.7 Å². The number of benzene rings is 1. The van der Waals surface area contributed by atoms with Crippen molar-refractivity contribution in [3.05, 3.63) is 59.9 Å². The second kappa shape index (κ2) is 9.37. The Morgan fingerprint density at radius 3 is 2.62 bits per heavy atom. The molecule has 1 N–H and O–H groups in total. The van der Waals surface area contributed by atoms with Crippen LogP contribution in [-0.4, -0.2) is 61.2 Å². The molecule has 2 saturated heterocycles. The molecule has 0 bridgehead atoms. The Bertz CT molecular complexity index is 800. The molecule has 2 aliphatic rings. The van der Waals surface area contributed by atoms with Gasteiger partial charge in [0, 0.05) is 50.3 Å². The van der Waals surface area contributed by atoms with Gasteiger partial charge in [0.15, 0.2) is 0 Å². The van der Waals surface area contributed by atoms with Crippen LogP contribution in [0.5, 0.6) is 0 Å². The van der Waals surface area contributed by atoms with E-state index in [4.69, 9.17) is 4.74 Å². The molecule has 0 unspecified atom stereocenters. The fraction of sp³-hybridized carbons (Fsp3) is 0.478. The Labute approximate surface area is 172 Å². The highest BCUT2D eigenvalue weighted by molar-refractivity contribution is 5.83. The van der Waals surface area contributed by atoms with Crippen LogP contribution in [0.15, 0.2) is 48.8 Å². The summed E-state index contributed by atoms with van der Waals surface area (Å²) in [6.07, 6.45) is 5.48. The van der Waals surface area contributed by atoms with Gasteiger partial charge in [0.1, 0.15) is 6.04 Å². The van der Waals surface area contributed by atoms with E-state index in [1.54, 1.807) is 12.4 Å². The summed E-state index contributed by atoms with van der Waals surface area (Å²) in [6.45, 7) is 6.91. The molecule has 4 rings (SSSR count). The van der Waals surface area contributed by atoms with Crippen molar-refractivity contribution in [2.75, 3.05) is 44.3 Å². The molecule has 0 radical (unpaired) electrons. The fourth-order valence-electron chi connectivity index (χ4n) is 4.29. The third-order valence-electron chi connectivity index (χ3n) is 5.87. The minimum atomic E-state index is -0.303. The van der Waals surface area contributed by atoms with Crippen LogP contribution >= 0.6 is 0 Å². The Morgan fingerprint density at radius 1 is 1.14 bits per heavy atom. The monoisotopic (exact) mass is 394 g/mol. The second-order valence-corrected chi connectivity index (χ2v) is 7.95. The van der Waals surface area contributed by atoms with E-state index < -0.39 is 0 Å². The van der Waals surface area contributed by atoms with E-state index in [2.05, 4.69) is 51.3 Å². The van der Waals surface area contributed by atoms with Gasteiger partial charge in [-0.1, -0.05) is 18.2 Å². The summed E-state index contributed by atoms with van der Waals surface area (Å²) in [4.78, 5) is 22.1. The number of piperidine rings is 1. The summed E-state index contributed by atoms with van der Waals surface area (Å²) >= 11 is 0. The van der Waals surface area contributed by atoms with Gasteiger partial charge in [-0.25, -0.2) is 0 Å². The standard InChI is InChI=1S/C23H30N4O2/c1-18-4-2-6-21(16-18)26-10-7-20(8-11-26)25-23(28)22(19-5-3-9-24-17-19)27-12-14-29-15-13-27/h2-6,9,16-17,20,22H,7-8,10-15H2,1H3,(H,25,28)/t22-/m1/s1. The number of nitrogens with one attached hydrogen (secondary N) is 1. The van der Waals surface area contributed by atoms with Crippen LogP contribution in [0.3, 0.4) is 0 Å². The van der Waals surface area contributed by atoms with Crippen molar-refractivity contribution in [3.63, 3.8) is 0 Å². The van der Waals surface area contributed by atoms with Crippen LogP contribution in [-0.2, 0) is 9.53 Å². The largest absolute Gasteiger partial charge is 0.379 e. The quantitative estimate of drug-likeness (QED) is 0.845. The molecule has 3 heterocycles. The molecule has 154 valence electrons. The van der Waals surface area contributed by atoms with Crippen molar-refractivity contribution in [1.29, 1.82) is 0 Å². The summed E-state index contributed by atoms with van der Waals surface area (Å²) in [6, 6.07) is 12.4. The molecule has 1 aromatic heterocycles. The molecule has 0 saturated carbocycles. The van der Waals surface area contributed by atoms with E-state index in [0.29, 0.717) is 13.2 Å². The molecule has 1 amide bonds. The van der Waals surface area contributed by atoms with Crippen LogP contribution in [0.25, 0.3) is 0 Å². The lowest BCUT2D eigenvalue weighted by Gasteiger charge is -2.37. The highest BCUT2D eigenvalue weighted by Crippen LogP contribution is 2.24. The lowest BCUT2D eigenvalue weighted by atomic mass is 10.0. The number of aryl methyl sites for hydroxylation is 1. The molecule has 1 aromatic carbocycles. The number of aromatic nitrogens is 1. The Morgan fingerprint density at radius 2 is 1.93 bits per heavy atom. The van der Waals surface area contributed by atoms with Crippen LogP contribution in [0, 0.1) is 6.92 Å². The highest BCUT2D eigenvalue weighted by atomic mass is 16.5. The van der Waals surface area contributed by atoms with Gasteiger partial charge in [-0.2, -0.15) is 0 Å². The predicted octanol–water partition coefficient (Wildman–Crippen LogP) is 2.55. The summed E-state index contributed by atoms with van der Waals surface area (Å²) in [5, 5.41) is 3.32. The Balaban J connectivity index is 1.39. The Kier molecular flexibility index (Phi) is 6.42. The first-order valence-corrected chi connectivity index (χ1v) is 10.5. The van der Waals surface area contributed by atoms with E-state index in [9.17, 15) is 4.79 Å². The molecular weight excluding hydrogens is 364 g/mol. The van der Waals surface area contributed by atoms with Gasteiger partial charge in [0.05, 0.1) is 13.2 Å².